The predicted molar refractivity (Wildman–Crippen MR) is 224 cm³/mol. The van der Waals surface area contributed by atoms with Gasteiger partial charge in [-0.2, -0.15) is 4.99 Å². The van der Waals surface area contributed by atoms with E-state index >= 15 is 0 Å². The van der Waals surface area contributed by atoms with E-state index in [9.17, 15) is 0 Å². The van der Waals surface area contributed by atoms with Crippen molar-refractivity contribution in [1.82, 2.24) is 9.13 Å². The molecule has 0 aliphatic rings. The summed E-state index contributed by atoms with van der Waals surface area (Å²) in [5, 5.41) is 3.46. The Morgan fingerprint density at radius 1 is 0.679 bits per heavy atom. The van der Waals surface area contributed by atoms with Crippen LogP contribution in [0.25, 0.3) is 44.5 Å². The highest BCUT2D eigenvalue weighted by atomic mass is 15.2. The lowest BCUT2D eigenvalue weighted by molar-refractivity contribution is 0.987. The fraction of sp³-hybridized carbons (Fsp3) is 0.0625. The minimum atomic E-state index is 0.455. The lowest BCUT2D eigenvalue weighted by atomic mass is 9.99. The third kappa shape index (κ3) is 6.51. The van der Waals surface area contributed by atoms with Crippen molar-refractivity contribution in [2.45, 2.75) is 19.4 Å². The average Bonchev–Trinajstić information content (AvgIpc) is 3.72. The summed E-state index contributed by atoms with van der Waals surface area (Å²) in [7, 11) is 0. The summed E-state index contributed by atoms with van der Waals surface area (Å²) in [5.41, 5.74) is 9.80. The van der Waals surface area contributed by atoms with Crippen LogP contribution in [-0.2, 0) is 13.0 Å². The molecule has 0 saturated carbocycles. The fourth-order valence-corrected chi connectivity index (χ4v) is 7.21. The van der Waals surface area contributed by atoms with Gasteiger partial charge < -0.3 is 4.57 Å². The van der Waals surface area contributed by atoms with Crippen LogP contribution in [0, 0.1) is 12.3 Å². The lowest BCUT2D eigenvalue weighted by Crippen LogP contribution is -2.13. The number of terminal acetylenes is 1. The molecule has 254 valence electrons. The van der Waals surface area contributed by atoms with Crippen LogP contribution in [0.15, 0.2) is 179 Å². The number of fused-ring (bicyclic) bond motifs is 4. The van der Waals surface area contributed by atoms with Gasteiger partial charge in [0.15, 0.2) is 5.84 Å². The summed E-state index contributed by atoms with van der Waals surface area (Å²) >= 11 is 0. The Hall–Kier alpha value is -7.03. The maximum Gasteiger partial charge on any atom is 0.232 e. The van der Waals surface area contributed by atoms with Gasteiger partial charge in [0.25, 0.3) is 0 Å². The normalized spacial score (nSPS) is 12.2. The molecule has 0 saturated heterocycles. The van der Waals surface area contributed by atoms with Gasteiger partial charge in [0, 0.05) is 51.5 Å². The Balaban J connectivity index is 1.37. The SMILES string of the molecule is C#CC/C=C\c1c(Cc2cccc3c2c2ccccc2n3C(=NCc2ccccc2)/N=C(\N=C)c2ccccc2)n(-c2ccccc2)c2ccccc12. The van der Waals surface area contributed by atoms with E-state index in [0.29, 0.717) is 31.2 Å². The molecule has 0 fully saturated rings. The smallest absolute Gasteiger partial charge is 0.232 e. The first kappa shape index (κ1) is 33.1. The molecule has 0 spiro atoms. The summed E-state index contributed by atoms with van der Waals surface area (Å²) < 4.78 is 4.56. The fourth-order valence-electron chi connectivity index (χ4n) is 7.21. The van der Waals surface area contributed by atoms with Gasteiger partial charge in [0.2, 0.25) is 5.96 Å². The van der Waals surface area contributed by atoms with Crippen LogP contribution < -0.4 is 0 Å². The molecule has 8 aromatic rings. The molecule has 0 radical (unpaired) electrons. The quantitative estimate of drug-likeness (QED) is 0.0870. The first-order valence-corrected chi connectivity index (χ1v) is 17.7. The first-order valence-electron chi connectivity index (χ1n) is 17.7. The zero-order chi connectivity index (χ0) is 36.0. The molecule has 0 N–H and O–H groups in total. The van der Waals surface area contributed by atoms with Crippen LogP contribution in [-0.4, -0.2) is 27.6 Å². The Kier molecular flexibility index (Phi) is 9.42. The molecule has 2 aromatic heterocycles. The van der Waals surface area contributed by atoms with Crippen molar-refractivity contribution >= 4 is 57.3 Å². The van der Waals surface area contributed by atoms with Crippen LogP contribution in [0.5, 0.6) is 0 Å². The Morgan fingerprint density at radius 2 is 1.32 bits per heavy atom. The first-order chi connectivity index (χ1) is 26.2. The minimum Gasteiger partial charge on any atom is -0.313 e. The van der Waals surface area contributed by atoms with E-state index in [1.165, 1.54) is 22.2 Å². The number of hydrogen-bond acceptors (Lipinski definition) is 1. The van der Waals surface area contributed by atoms with Crippen LogP contribution in [0.2, 0.25) is 0 Å². The van der Waals surface area contributed by atoms with E-state index in [1.807, 2.05) is 48.5 Å². The van der Waals surface area contributed by atoms with Gasteiger partial charge in [0.05, 0.1) is 23.1 Å². The molecule has 6 aromatic carbocycles. The van der Waals surface area contributed by atoms with E-state index < -0.39 is 0 Å². The molecule has 0 aliphatic carbocycles. The van der Waals surface area contributed by atoms with Crippen LogP contribution >= 0.6 is 0 Å². The molecule has 0 amide bonds. The van der Waals surface area contributed by atoms with E-state index in [2.05, 4.69) is 148 Å². The van der Waals surface area contributed by atoms with E-state index in [4.69, 9.17) is 16.4 Å². The average molecular weight is 684 g/mol. The molecule has 53 heavy (non-hydrogen) atoms. The van der Waals surface area contributed by atoms with Crippen LogP contribution in [0.3, 0.4) is 0 Å². The molecular formula is C48H37N5. The second kappa shape index (κ2) is 15.1. The van der Waals surface area contributed by atoms with E-state index in [-0.39, 0.29) is 0 Å². The summed E-state index contributed by atoms with van der Waals surface area (Å²) in [6.07, 6.45) is 11.2. The molecule has 8 rings (SSSR count). The second-order valence-corrected chi connectivity index (χ2v) is 12.8. The van der Waals surface area contributed by atoms with E-state index in [1.54, 1.807) is 0 Å². The van der Waals surface area contributed by atoms with Crippen molar-refractivity contribution in [3.8, 4) is 18.0 Å². The van der Waals surface area contributed by atoms with Gasteiger partial charge in [0.1, 0.15) is 0 Å². The van der Waals surface area contributed by atoms with Crippen molar-refractivity contribution in [3.63, 3.8) is 0 Å². The number of aliphatic imine (C=N–C) groups is 3. The zero-order valence-corrected chi connectivity index (χ0v) is 29.3. The Bertz CT molecular complexity index is 2700. The van der Waals surface area contributed by atoms with Crippen molar-refractivity contribution in [2.24, 2.45) is 15.0 Å². The Morgan fingerprint density at radius 3 is 2.06 bits per heavy atom. The van der Waals surface area contributed by atoms with Crippen molar-refractivity contribution < 1.29 is 0 Å². The molecule has 5 heteroatoms. The predicted octanol–water partition coefficient (Wildman–Crippen LogP) is 10.9. The number of aromatic nitrogens is 2. The summed E-state index contributed by atoms with van der Waals surface area (Å²) in [6.45, 7) is 4.35. The number of rotatable bonds is 8. The summed E-state index contributed by atoms with van der Waals surface area (Å²) in [4.78, 5) is 14.7. The largest absolute Gasteiger partial charge is 0.313 e. The number of nitrogens with zero attached hydrogens (tertiary/aromatic N) is 5. The second-order valence-electron chi connectivity index (χ2n) is 12.8. The number of hydrogen-bond donors (Lipinski definition) is 0. The van der Waals surface area contributed by atoms with Gasteiger partial charge in [-0.25, -0.2) is 9.98 Å². The van der Waals surface area contributed by atoms with Gasteiger partial charge >= 0.3 is 0 Å². The van der Waals surface area contributed by atoms with Crippen molar-refractivity contribution in [3.05, 3.63) is 192 Å². The molecule has 5 nitrogen and oxygen atoms in total. The maximum atomic E-state index is 5.69. The molecule has 0 atom stereocenters. The zero-order valence-electron chi connectivity index (χ0n) is 29.3. The lowest BCUT2D eigenvalue weighted by Gasteiger charge is -2.14. The van der Waals surface area contributed by atoms with Gasteiger partial charge in [-0.1, -0.05) is 140 Å². The van der Waals surface area contributed by atoms with Gasteiger partial charge in [-0.15, -0.1) is 12.3 Å². The van der Waals surface area contributed by atoms with Crippen LogP contribution in [0.1, 0.15) is 34.4 Å². The van der Waals surface area contributed by atoms with Crippen molar-refractivity contribution in [1.29, 1.82) is 0 Å². The molecule has 0 unspecified atom stereocenters. The number of amidine groups is 1. The third-order valence-electron chi connectivity index (χ3n) is 9.53. The van der Waals surface area contributed by atoms with Crippen molar-refractivity contribution in [2.75, 3.05) is 0 Å². The molecule has 0 bridgehead atoms. The van der Waals surface area contributed by atoms with Gasteiger partial charge in [-0.05, 0) is 48.2 Å². The van der Waals surface area contributed by atoms with Gasteiger partial charge in [-0.3, -0.25) is 4.57 Å². The summed E-state index contributed by atoms with van der Waals surface area (Å²) in [5.74, 6) is 3.82. The summed E-state index contributed by atoms with van der Waals surface area (Å²) in [6, 6.07) is 54.4. The molecule has 0 aliphatic heterocycles. The molecule has 2 heterocycles. The maximum absolute atomic E-state index is 5.69. The highest BCUT2D eigenvalue weighted by molar-refractivity contribution is 6.17. The van der Waals surface area contributed by atoms with E-state index in [0.717, 1.165) is 44.1 Å². The third-order valence-corrected chi connectivity index (χ3v) is 9.53. The number of benzene rings is 6. The highest BCUT2D eigenvalue weighted by Gasteiger charge is 2.22. The Labute approximate surface area is 309 Å². The standard InChI is InChI=1S/C48H37N5/c1-3-4-8-27-40-39-28-15-17-30-42(39)52(38-25-13-7-14-26-38)45(40)33-37-24-19-32-44-46(37)41-29-16-18-31-43(41)53(44)48(50-34-35-20-9-5-10-21-35)51-47(49-2)36-22-11-6-12-23-36/h1,5-32H,2,4,33-34H2/b27-8-,50-48?,51-47-. The minimum absolute atomic E-state index is 0.455. The number of para-hydroxylation sites is 3. The highest BCUT2D eigenvalue weighted by Crippen LogP contribution is 2.37. The number of allylic oxidation sites excluding steroid dienone is 1. The van der Waals surface area contributed by atoms with Crippen LogP contribution in [0.4, 0.5) is 0 Å². The topological polar surface area (TPSA) is 46.9 Å². The molecular weight excluding hydrogens is 647 g/mol. The monoisotopic (exact) mass is 683 g/mol.